The number of amides is 1. The van der Waals surface area contributed by atoms with Crippen molar-refractivity contribution >= 4 is 34.7 Å². The Morgan fingerprint density at radius 2 is 1.79 bits per heavy atom. The van der Waals surface area contributed by atoms with E-state index in [0.29, 0.717) is 27.6 Å². The molecule has 1 amide bonds. The first-order chi connectivity index (χ1) is 18.5. The average molecular weight is 552 g/mol. The highest BCUT2D eigenvalue weighted by atomic mass is 35.5. The molecule has 3 atom stereocenters. The van der Waals surface area contributed by atoms with Gasteiger partial charge in [-0.25, -0.2) is 9.38 Å². The number of anilines is 1. The third-order valence-corrected chi connectivity index (χ3v) is 6.91. The molecule has 1 unspecified atom stereocenters. The molecule has 9 heteroatoms. The summed E-state index contributed by atoms with van der Waals surface area (Å²) in [6.07, 6.45) is -1.02. The van der Waals surface area contributed by atoms with Crippen LogP contribution in [0.5, 0.6) is 5.75 Å². The van der Waals surface area contributed by atoms with Gasteiger partial charge in [0.25, 0.3) is 5.91 Å². The van der Waals surface area contributed by atoms with E-state index in [4.69, 9.17) is 22.1 Å². The van der Waals surface area contributed by atoms with Crippen LogP contribution in [0.15, 0.2) is 77.8 Å². The highest BCUT2D eigenvalue weighted by Crippen LogP contribution is 2.34. The zero-order chi connectivity index (χ0) is 28.3. The number of fused-ring (bicyclic) bond motifs is 1. The van der Waals surface area contributed by atoms with Crippen molar-refractivity contribution in [1.29, 1.82) is 0 Å². The van der Waals surface area contributed by atoms with E-state index in [1.807, 2.05) is 19.9 Å². The molecule has 0 saturated carbocycles. The molecular formula is C30H31ClFN3O4. The Hall–Kier alpha value is -3.59. The number of likely N-dealkylation sites (N-methyl/N-ethyl adjacent to an activating group) is 1. The number of Topliss-reactive ketones (excluding diaryl/α,β-unsaturated/α-hetero) is 1. The summed E-state index contributed by atoms with van der Waals surface area (Å²) < 4.78 is 19.5. The van der Waals surface area contributed by atoms with Gasteiger partial charge in [-0.3, -0.25) is 15.3 Å². The number of benzodiazepines with no additional fused rings is 1. The second-order valence-corrected chi connectivity index (χ2v) is 10.5. The van der Waals surface area contributed by atoms with Crippen molar-refractivity contribution < 1.29 is 23.8 Å². The molecule has 39 heavy (non-hydrogen) atoms. The Balaban J connectivity index is 1.80. The van der Waals surface area contributed by atoms with Crippen molar-refractivity contribution in [3.05, 3.63) is 94.8 Å². The van der Waals surface area contributed by atoms with Crippen molar-refractivity contribution in [2.24, 2.45) is 22.6 Å². The van der Waals surface area contributed by atoms with Gasteiger partial charge >= 0.3 is 0 Å². The van der Waals surface area contributed by atoms with Crippen LogP contribution >= 0.6 is 11.6 Å². The topological polar surface area (TPSA) is 105 Å². The summed E-state index contributed by atoms with van der Waals surface area (Å²) in [4.78, 5) is 33.9. The van der Waals surface area contributed by atoms with Gasteiger partial charge in [0.15, 0.2) is 5.78 Å². The van der Waals surface area contributed by atoms with Crippen LogP contribution in [0.25, 0.3) is 0 Å². The summed E-state index contributed by atoms with van der Waals surface area (Å²) >= 11 is 6.30. The van der Waals surface area contributed by atoms with Gasteiger partial charge in [-0.15, -0.1) is 0 Å². The lowest BCUT2D eigenvalue weighted by Gasteiger charge is -2.32. The smallest absolute Gasteiger partial charge is 0.277 e. The predicted molar refractivity (Wildman–Crippen MR) is 150 cm³/mol. The number of aliphatic imine (C=N–C) groups is 1. The molecule has 0 aromatic heterocycles. The number of rotatable bonds is 9. The van der Waals surface area contributed by atoms with Gasteiger partial charge in [0.2, 0.25) is 5.66 Å². The minimum absolute atomic E-state index is 0.0101. The SMILES string of the molecule is CC(C)C[C@@H](C(=O)C1(N)N=C(c2ccc(F)cc2)c2cc(Cl)ccc2N(C)C1=O)[C@H](O)COc1ccccc1. The van der Waals surface area contributed by atoms with Gasteiger partial charge < -0.3 is 14.7 Å². The Labute approximate surface area is 232 Å². The molecule has 1 aliphatic heterocycles. The van der Waals surface area contributed by atoms with Crippen LogP contribution in [-0.4, -0.2) is 47.9 Å². The number of hydrogen-bond acceptors (Lipinski definition) is 6. The maximum absolute atomic E-state index is 14.2. The number of para-hydroxylation sites is 1. The van der Waals surface area contributed by atoms with E-state index in [0.717, 1.165) is 0 Å². The lowest BCUT2D eigenvalue weighted by Crippen LogP contribution is -2.61. The summed E-state index contributed by atoms with van der Waals surface area (Å²) in [6.45, 7) is 3.62. The van der Waals surface area contributed by atoms with Gasteiger partial charge in [0.1, 0.15) is 18.2 Å². The number of aliphatic hydroxyl groups is 1. The first-order valence-electron chi connectivity index (χ1n) is 12.6. The summed E-state index contributed by atoms with van der Waals surface area (Å²) in [5.41, 5.74) is 5.81. The van der Waals surface area contributed by atoms with Crippen molar-refractivity contribution in [1.82, 2.24) is 0 Å². The molecule has 3 aromatic carbocycles. The summed E-state index contributed by atoms with van der Waals surface area (Å²) in [7, 11) is 1.50. The Bertz CT molecular complexity index is 1380. The molecule has 3 N–H and O–H groups in total. The normalized spacial score (nSPS) is 18.7. The number of nitrogens with two attached hydrogens (primary N) is 1. The fourth-order valence-electron chi connectivity index (χ4n) is 4.67. The number of aliphatic hydroxyl groups excluding tert-OH is 1. The average Bonchev–Trinajstić information content (AvgIpc) is 3.00. The Morgan fingerprint density at radius 1 is 1.13 bits per heavy atom. The van der Waals surface area contributed by atoms with E-state index in [1.54, 1.807) is 42.5 Å². The molecular weight excluding hydrogens is 521 g/mol. The Morgan fingerprint density at radius 3 is 2.44 bits per heavy atom. The summed E-state index contributed by atoms with van der Waals surface area (Å²) in [5.74, 6) is -2.50. The maximum Gasteiger partial charge on any atom is 0.277 e. The third kappa shape index (κ3) is 6.03. The number of nitrogens with zero attached hydrogens (tertiary/aromatic N) is 2. The Kier molecular flexibility index (Phi) is 8.49. The molecule has 0 spiro atoms. The largest absolute Gasteiger partial charge is 0.491 e. The van der Waals surface area contributed by atoms with Crippen molar-refractivity contribution in [2.45, 2.75) is 32.0 Å². The van der Waals surface area contributed by atoms with E-state index < -0.39 is 35.2 Å². The fourth-order valence-corrected chi connectivity index (χ4v) is 4.84. The second-order valence-electron chi connectivity index (χ2n) is 10.1. The molecule has 0 saturated heterocycles. The van der Waals surface area contributed by atoms with Crippen LogP contribution in [-0.2, 0) is 9.59 Å². The molecule has 1 aliphatic rings. The van der Waals surface area contributed by atoms with Gasteiger partial charge in [0.05, 0.1) is 23.4 Å². The molecule has 1 heterocycles. The number of ether oxygens (including phenoxy) is 1. The molecule has 3 aromatic rings. The molecule has 0 bridgehead atoms. The van der Waals surface area contributed by atoms with E-state index in [1.165, 1.54) is 36.2 Å². The van der Waals surface area contributed by atoms with Gasteiger partial charge in [-0.1, -0.05) is 43.6 Å². The lowest BCUT2D eigenvalue weighted by molar-refractivity contribution is -0.139. The minimum atomic E-state index is -2.38. The van der Waals surface area contributed by atoms with Crippen molar-refractivity contribution in [2.75, 3.05) is 18.6 Å². The van der Waals surface area contributed by atoms with E-state index in [2.05, 4.69) is 4.99 Å². The highest BCUT2D eigenvalue weighted by molar-refractivity contribution is 6.32. The number of halogens is 2. The molecule has 7 nitrogen and oxygen atoms in total. The van der Waals surface area contributed by atoms with Gasteiger partial charge in [-0.05, 0) is 66.9 Å². The quantitative estimate of drug-likeness (QED) is 0.378. The molecule has 0 aliphatic carbocycles. The number of carbonyl (C=O) groups is 2. The zero-order valence-electron chi connectivity index (χ0n) is 22.0. The summed E-state index contributed by atoms with van der Waals surface area (Å²) in [6, 6.07) is 19.3. The standard InChI is InChI=1S/C30H31ClFN3O4/c1-18(2)15-24(26(36)17-39-22-7-5-4-6-8-22)28(37)30(33)29(38)35(3)25-14-11-20(31)16-23(25)27(34-30)19-9-12-21(32)13-10-19/h4-14,16,18,24,26,36H,15,17,33H2,1-3H3/t24-,26-,30?/m1/s1. The van der Waals surface area contributed by atoms with Crippen LogP contribution in [0.1, 0.15) is 31.4 Å². The van der Waals surface area contributed by atoms with E-state index in [-0.39, 0.29) is 24.7 Å². The predicted octanol–water partition coefficient (Wildman–Crippen LogP) is 4.62. The van der Waals surface area contributed by atoms with Crippen LogP contribution in [0, 0.1) is 17.7 Å². The highest BCUT2D eigenvalue weighted by Gasteiger charge is 2.50. The summed E-state index contributed by atoms with van der Waals surface area (Å²) in [5, 5.41) is 11.5. The number of hydrogen-bond donors (Lipinski definition) is 2. The number of ketones is 1. The fraction of sp³-hybridized carbons (Fsp3) is 0.300. The number of benzene rings is 3. The lowest BCUT2D eigenvalue weighted by atomic mass is 9.82. The van der Waals surface area contributed by atoms with Gasteiger partial charge in [0, 0.05) is 23.2 Å². The monoisotopic (exact) mass is 551 g/mol. The van der Waals surface area contributed by atoms with Crippen molar-refractivity contribution in [3.63, 3.8) is 0 Å². The van der Waals surface area contributed by atoms with Gasteiger partial charge in [-0.2, -0.15) is 0 Å². The molecule has 0 radical (unpaired) electrons. The van der Waals surface area contributed by atoms with E-state index >= 15 is 0 Å². The first-order valence-corrected chi connectivity index (χ1v) is 13.0. The zero-order valence-corrected chi connectivity index (χ0v) is 22.7. The first kappa shape index (κ1) is 28.4. The molecule has 0 fully saturated rings. The van der Waals surface area contributed by atoms with Crippen molar-refractivity contribution in [3.8, 4) is 5.75 Å². The van der Waals surface area contributed by atoms with Crippen LogP contribution in [0.2, 0.25) is 5.02 Å². The third-order valence-electron chi connectivity index (χ3n) is 6.68. The molecule has 4 rings (SSSR count). The van der Waals surface area contributed by atoms with Crippen LogP contribution in [0.4, 0.5) is 10.1 Å². The van der Waals surface area contributed by atoms with Crippen LogP contribution < -0.4 is 15.4 Å². The van der Waals surface area contributed by atoms with Crippen LogP contribution in [0.3, 0.4) is 0 Å². The van der Waals surface area contributed by atoms with E-state index in [9.17, 15) is 19.1 Å². The minimum Gasteiger partial charge on any atom is -0.491 e. The number of carbonyl (C=O) groups excluding carboxylic acids is 2. The molecule has 204 valence electrons. The maximum atomic E-state index is 14.2. The second kappa shape index (κ2) is 11.7.